The van der Waals surface area contributed by atoms with Crippen molar-refractivity contribution < 1.29 is 4.79 Å². The second-order valence-electron chi connectivity index (χ2n) is 5.65. The number of aromatic nitrogens is 3. The summed E-state index contributed by atoms with van der Waals surface area (Å²) in [6.07, 6.45) is 7.72. The standard InChI is InChI=1S/C16H21N7O/c17-13-14(21-22-16(24)12-7-3-4-8-18-12)19-11-20-15(13)23-9-5-1-2-6-10-23/h3-4,7-8,11H,1-2,5-6,9-10,17H2,(H,22,24)(H,19,20,21). The number of pyridine rings is 1. The molecule has 1 fully saturated rings. The van der Waals surface area contributed by atoms with Gasteiger partial charge in [-0.15, -0.1) is 0 Å². The largest absolute Gasteiger partial charge is 0.393 e. The van der Waals surface area contributed by atoms with Crippen molar-refractivity contribution >= 4 is 23.2 Å². The zero-order valence-electron chi connectivity index (χ0n) is 13.4. The summed E-state index contributed by atoms with van der Waals surface area (Å²) in [6, 6.07) is 5.13. The number of hydrogen-bond donors (Lipinski definition) is 3. The van der Waals surface area contributed by atoms with Crippen molar-refractivity contribution in [2.24, 2.45) is 0 Å². The van der Waals surface area contributed by atoms with Crippen molar-refractivity contribution in [1.29, 1.82) is 0 Å². The number of carbonyl (C=O) groups excluding carboxylic acids is 1. The lowest BCUT2D eigenvalue weighted by Crippen LogP contribution is -2.32. The molecule has 1 aliphatic heterocycles. The Bertz CT molecular complexity index is 684. The van der Waals surface area contributed by atoms with Gasteiger partial charge < -0.3 is 10.6 Å². The van der Waals surface area contributed by atoms with E-state index < -0.39 is 0 Å². The number of nitrogens with two attached hydrogens (primary N) is 1. The van der Waals surface area contributed by atoms with Crippen molar-refractivity contribution in [3.8, 4) is 0 Å². The summed E-state index contributed by atoms with van der Waals surface area (Å²) in [5.41, 5.74) is 12.3. The molecule has 0 spiro atoms. The van der Waals surface area contributed by atoms with E-state index in [1.807, 2.05) is 0 Å². The summed E-state index contributed by atoms with van der Waals surface area (Å²) in [6.45, 7) is 1.86. The summed E-state index contributed by atoms with van der Waals surface area (Å²) in [5.74, 6) is 0.736. The van der Waals surface area contributed by atoms with Crippen molar-refractivity contribution in [1.82, 2.24) is 20.4 Å². The number of carbonyl (C=O) groups is 1. The summed E-state index contributed by atoms with van der Waals surface area (Å²) < 4.78 is 0. The zero-order valence-corrected chi connectivity index (χ0v) is 13.4. The predicted octanol–water partition coefficient (Wildman–Crippen LogP) is 1.59. The maximum Gasteiger partial charge on any atom is 0.288 e. The minimum Gasteiger partial charge on any atom is -0.393 e. The van der Waals surface area contributed by atoms with Gasteiger partial charge in [0.25, 0.3) is 5.91 Å². The van der Waals surface area contributed by atoms with Crippen LogP contribution in [0.5, 0.6) is 0 Å². The number of nitrogens with zero attached hydrogens (tertiary/aromatic N) is 4. The third-order valence-electron chi connectivity index (χ3n) is 3.96. The highest BCUT2D eigenvalue weighted by Crippen LogP contribution is 2.27. The van der Waals surface area contributed by atoms with Gasteiger partial charge in [-0.25, -0.2) is 9.97 Å². The summed E-state index contributed by atoms with van der Waals surface area (Å²) in [7, 11) is 0. The van der Waals surface area contributed by atoms with Crippen LogP contribution in [-0.4, -0.2) is 33.9 Å². The van der Waals surface area contributed by atoms with Crippen LogP contribution in [0.1, 0.15) is 36.2 Å². The van der Waals surface area contributed by atoms with E-state index in [0.717, 1.165) is 25.9 Å². The molecule has 2 aromatic heterocycles. The van der Waals surface area contributed by atoms with Gasteiger partial charge in [0.1, 0.15) is 17.7 Å². The third kappa shape index (κ3) is 3.70. The van der Waals surface area contributed by atoms with E-state index in [-0.39, 0.29) is 5.91 Å². The lowest BCUT2D eigenvalue weighted by Gasteiger charge is -2.23. The lowest BCUT2D eigenvalue weighted by molar-refractivity contribution is 0.0957. The molecule has 4 N–H and O–H groups in total. The van der Waals surface area contributed by atoms with Crippen molar-refractivity contribution in [2.45, 2.75) is 25.7 Å². The molecular formula is C16H21N7O. The van der Waals surface area contributed by atoms with Gasteiger partial charge in [-0.2, -0.15) is 0 Å². The van der Waals surface area contributed by atoms with E-state index in [1.54, 1.807) is 24.4 Å². The Morgan fingerprint density at radius 3 is 2.58 bits per heavy atom. The van der Waals surface area contributed by atoms with Crippen LogP contribution in [0.25, 0.3) is 0 Å². The second kappa shape index (κ2) is 7.58. The molecule has 1 aliphatic rings. The molecule has 126 valence electrons. The van der Waals surface area contributed by atoms with Crippen molar-refractivity contribution in [3.05, 3.63) is 36.4 Å². The molecule has 3 heterocycles. The number of rotatable bonds is 4. The minimum absolute atomic E-state index is 0.311. The van der Waals surface area contributed by atoms with Gasteiger partial charge in [0.2, 0.25) is 0 Å². The molecule has 2 aromatic rings. The van der Waals surface area contributed by atoms with Gasteiger partial charge in [0.15, 0.2) is 11.6 Å². The molecule has 24 heavy (non-hydrogen) atoms. The summed E-state index contributed by atoms with van der Waals surface area (Å²) in [5, 5.41) is 0. The van der Waals surface area contributed by atoms with E-state index in [0.29, 0.717) is 23.0 Å². The van der Waals surface area contributed by atoms with E-state index in [1.165, 1.54) is 19.2 Å². The molecular weight excluding hydrogens is 306 g/mol. The number of nitrogen functional groups attached to an aromatic ring is 1. The Balaban J connectivity index is 1.70. The average Bonchev–Trinajstić information content (AvgIpc) is 2.90. The van der Waals surface area contributed by atoms with Crippen LogP contribution in [0.4, 0.5) is 17.3 Å². The van der Waals surface area contributed by atoms with Crippen LogP contribution in [0.2, 0.25) is 0 Å². The first-order valence-electron chi connectivity index (χ1n) is 8.08. The van der Waals surface area contributed by atoms with Crippen LogP contribution in [0.15, 0.2) is 30.7 Å². The number of nitrogens with one attached hydrogen (secondary N) is 2. The monoisotopic (exact) mass is 327 g/mol. The van der Waals surface area contributed by atoms with Gasteiger partial charge >= 0.3 is 0 Å². The normalized spacial score (nSPS) is 14.8. The third-order valence-corrected chi connectivity index (χ3v) is 3.96. The topological polar surface area (TPSA) is 109 Å². The van der Waals surface area contributed by atoms with Gasteiger partial charge in [0.05, 0.1) is 0 Å². The molecule has 0 aromatic carbocycles. The zero-order chi connectivity index (χ0) is 16.8. The Kier molecular flexibility index (Phi) is 5.05. The number of anilines is 3. The fourth-order valence-electron chi connectivity index (χ4n) is 2.70. The molecule has 0 saturated carbocycles. The van der Waals surface area contributed by atoms with Crippen LogP contribution in [-0.2, 0) is 0 Å². The van der Waals surface area contributed by atoms with E-state index in [9.17, 15) is 4.79 Å². The number of amides is 1. The highest BCUT2D eigenvalue weighted by atomic mass is 16.2. The molecule has 3 rings (SSSR count). The molecule has 8 heteroatoms. The highest BCUT2D eigenvalue weighted by molar-refractivity contribution is 5.93. The number of hydrogen-bond acceptors (Lipinski definition) is 7. The van der Waals surface area contributed by atoms with Gasteiger partial charge in [-0.05, 0) is 25.0 Å². The smallest absolute Gasteiger partial charge is 0.288 e. The fourth-order valence-corrected chi connectivity index (χ4v) is 2.70. The maximum absolute atomic E-state index is 12.0. The van der Waals surface area contributed by atoms with E-state index in [2.05, 4.69) is 30.7 Å². The van der Waals surface area contributed by atoms with Gasteiger partial charge in [0, 0.05) is 19.3 Å². The lowest BCUT2D eigenvalue weighted by atomic mass is 10.2. The van der Waals surface area contributed by atoms with Crippen molar-refractivity contribution in [2.75, 3.05) is 29.1 Å². The average molecular weight is 327 g/mol. The first-order chi connectivity index (χ1) is 11.8. The quantitative estimate of drug-likeness (QED) is 0.732. The molecule has 0 radical (unpaired) electrons. The maximum atomic E-state index is 12.0. The van der Waals surface area contributed by atoms with Crippen LogP contribution >= 0.6 is 0 Å². The summed E-state index contributed by atoms with van der Waals surface area (Å²) in [4.78, 5) is 26.6. The first kappa shape index (κ1) is 16.0. The SMILES string of the molecule is Nc1c(NNC(=O)c2ccccn2)ncnc1N1CCCCCC1. The van der Waals surface area contributed by atoms with Gasteiger partial charge in [-0.1, -0.05) is 18.9 Å². The molecule has 0 aliphatic carbocycles. The fraction of sp³-hybridized carbons (Fsp3) is 0.375. The van der Waals surface area contributed by atoms with Gasteiger partial charge in [-0.3, -0.25) is 20.6 Å². The Hall–Kier alpha value is -2.90. The van der Waals surface area contributed by atoms with Crippen LogP contribution < -0.4 is 21.5 Å². The molecule has 1 saturated heterocycles. The first-order valence-corrected chi connectivity index (χ1v) is 8.08. The molecule has 0 bridgehead atoms. The van der Waals surface area contributed by atoms with Crippen LogP contribution in [0, 0.1) is 0 Å². The molecule has 0 atom stereocenters. The van der Waals surface area contributed by atoms with E-state index >= 15 is 0 Å². The Morgan fingerprint density at radius 2 is 1.88 bits per heavy atom. The minimum atomic E-state index is -0.357. The molecule has 0 unspecified atom stereocenters. The van der Waals surface area contributed by atoms with Crippen molar-refractivity contribution in [3.63, 3.8) is 0 Å². The highest BCUT2D eigenvalue weighted by Gasteiger charge is 2.17. The van der Waals surface area contributed by atoms with Crippen LogP contribution in [0.3, 0.4) is 0 Å². The summed E-state index contributed by atoms with van der Waals surface area (Å²) >= 11 is 0. The predicted molar refractivity (Wildman–Crippen MR) is 92.5 cm³/mol. The Morgan fingerprint density at radius 1 is 1.08 bits per heavy atom. The molecule has 8 nitrogen and oxygen atoms in total. The van der Waals surface area contributed by atoms with E-state index in [4.69, 9.17) is 5.73 Å². The molecule has 1 amide bonds. The second-order valence-corrected chi connectivity index (χ2v) is 5.65. The number of hydrazine groups is 1. The Labute approximate surface area is 140 Å².